The molecular formula is C12H17N. The fraction of sp³-hybridized carbons (Fsp3) is 0.500. The number of nitrogen functional groups attached to an aromatic ring is 1. The standard InChI is InChI=1S/C12H17N/c1-9-4-2-7-11(12(9)13)8-10-5-3-6-10/h2,4,7,10H,3,5-6,8,13H2,1H3. The van der Waals surface area contributed by atoms with Crippen LogP contribution in [0.15, 0.2) is 18.2 Å². The molecule has 70 valence electrons. The highest BCUT2D eigenvalue weighted by atomic mass is 14.6. The Morgan fingerprint density at radius 1 is 1.38 bits per heavy atom. The van der Waals surface area contributed by atoms with Crippen LogP contribution in [0.5, 0.6) is 0 Å². The van der Waals surface area contributed by atoms with Gasteiger partial charge in [0, 0.05) is 5.69 Å². The summed E-state index contributed by atoms with van der Waals surface area (Å²) in [5, 5.41) is 0. The summed E-state index contributed by atoms with van der Waals surface area (Å²) in [7, 11) is 0. The molecule has 1 aromatic rings. The molecule has 0 radical (unpaired) electrons. The summed E-state index contributed by atoms with van der Waals surface area (Å²) >= 11 is 0. The average molecular weight is 175 g/mol. The summed E-state index contributed by atoms with van der Waals surface area (Å²) in [4.78, 5) is 0. The Balaban J connectivity index is 2.14. The van der Waals surface area contributed by atoms with Gasteiger partial charge in [-0.05, 0) is 30.4 Å². The molecule has 0 unspecified atom stereocenters. The molecule has 13 heavy (non-hydrogen) atoms. The van der Waals surface area contributed by atoms with Crippen molar-refractivity contribution in [1.82, 2.24) is 0 Å². The smallest absolute Gasteiger partial charge is 0.0376 e. The lowest BCUT2D eigenvalue weighted by molar-refractivity contribution is 0.315. The van der Waals surface area contributed by atoms with Crippen LogP contribution in [0.3, 0.4) is 0 Å². The van der Waals surface area contributed by atoms with Gasteiger partial charge in [-0.2, -0.15) is 0 Å². The first-order chi connectivity index (χ1) is 6.27. The van der Waals surface area contributed by atoms with Gasteiger partial charge in [0.25, 0.3) is 0 Å². The van der Waals surface area contributed by atoms with Crippen molar-refractivity contribution in [3.05, 3.63) is 29.3 Å². The van der Waals surface area contributed by atoms with E-state index in [4.69, 9.17) is 5.73 Å². The van der Waals surface area contributed by atoms with Gasteiger partial charge < -0.3 is 5.73 Å². The molecule has 0 atom stereocenters. The maximum atomic E-state index is 6.01. The Labute approximate surface area is 80.0 Å². The highest BCUT2D eigenvalue weighted by Crippen LogP contribution is 2.31. The van der Waals surface area contributed by atoms with Crippen LogP contribution in [0, 0.1) is 12.8 Å². The predicted octanol–water partition coefficient (Wildman–Crippen LogP) is 2.92. The number of benzene rings is 1. The van der Waals surface area contributed by atoms with E-state index in [1.165, 1.54) is 36.8 Å². The highest BCUT2D eigenvalue weighted by molar-refractivity contribution is 5.53. The number of para-hydroxylation sites is 1. The van der Waals surface area contributed by atoms with Gasteiger partial charge >= 0.3 is 0 Å². The number of nitrogens with two attached hydrogens (primary N) is 1. The molecule has 2 rings (SSSR count). The van der Waals surface area contributed by atoms with Crippen LogP contribution in [0.2, 0.25) is 0 Å². The molecule has 0 spiro atoms. The third-order valence-electron chi connectivity index (χ3n) is 3.15. The van der Waals surface area contributed by atoms with Crippen LogP contribution in [-0.2, 0) is 6.42 Å². The largest absolute Gasteiger partial charge is 0.398 e. The topological polar surface area (TPSA) is 26.0 Å². The van der Waals surface area contributed by atoms with Gasteiger partial charge in [0.05, 0.1) is 0 Å². The molecule has 1 nitrogen and oxygen atoms in total. The summed E-state index contributed by atoms with van der Waals surface area (Å²) in [5.41, 5.74) is 9.59. The third-order valence-corrected chi connectivity index (χ3v) is 3.15. The maximum Gasteiger partial charge on any atom is 0.0376 e. The van der Waals surface area contributed by atoms with Crippen molar-refractivity contribution in [2.45, 2.75) is 32.6 Å². The Kier molecular flexibility index (Phi) is 2.26. The van der Waals surface area contributed by atoms with E-state index < -0.39 is 0 Å². The monoisotopic (exact) mass is 175 g/mol. The van der Waals surface area contributed by atoms with Crippen molar-refractivity contribution in [1.29, 1.82) is 0 Å². The minimum absolute atomic E-state index is 0.907. The highest BCUT2D eigenvalue weighted by Gasteiger charge is 2.18. The zero-order chi connectivity index (χ0) is 9.26. The van der Waals surface area contributed by atoms with Crippen LogP contribution in [-0.4, -0.2) is 0 Å². The SMILES string of the molecule is Cc1cccc(CC2CCC2)c1N. The molecule has 1 aliphatic rings. The molecule has 0 bridgehead atoms. The van der Waals surface area contributed by atoms with E-state index in [2.05, 4.69) is 25.1 Å². The Morgan fingerprint density at radius 2 is 2.15 bits per heavy atom. The van der Waals surface area contributed by atoms with Crippen LogP contribution in [0.4, 0.5) is 5.69 Å². The third kappa shape index (κ3) is 1.69. The van der Waals surface area contributed by atoms with E-state index >= 15 is 0 Å². The lowest BCUT2D eigenvalue weighted by atomic mass is 9.80. The van der Waals surface area contributed by atoms with Gasteiger partial charge in [0.1, 0.15) is 0 Å². The van der Waals surface area contributed by atoms with Crippen molar-refractivity contribution < 1.29 is 0 Å². The number of rotatable bonds is 2. The Bertz CT molecular complexity index is 300. The zero-order valence-electron chi connectivity index (χ0n) is 8.22. The zero-order valence-corrected chi connectivity index (χ0v) is 8.22. The molecule has 1 fully saturated rings. The molecule has 1 heteroatoms. The van der Waals surface area contributed by atoms with Crippen LogP contribution in [0.1, 0.15) is 30.4 Å². The summed E-state index contributed by atoms with van der Waals surface area (Å²) in [5.74, 6) is 0.907. The molecule has 1 aliphatic carbocycles. The van der Waals surface area contributed by atoms with Gasteiger partial charge in [-0.15, -0.1) is 0 Å². The summed E-state index contributed by atoms with van der Waals surface area (Å²) in [6, 6.07) is 6.36. The molecule has 1 saturated carbocycles. The van der Waals surface area contributed by atoms with Gasteiger partial charge in [-0.25, -0.2) is 0 Å². The van der Waals surface area contributed by atoms with Gasteiger partial charge in [0.15, 0.2) is 0 Å². The maximum absolute atomic E-state index is 6.01. The minimum atomic E-state index is 0.907. The summed E-state index contributed by atoms with van der Waals surface area (Å²) in [6.45, 7) is 2.08. The van der Waals surface area contributed by atoms with E-state index in [0.717, 1.165) is 11.6 Å². The Morgan fingerprint density at radius 3 is 2.77 bits per heavy atom. The molecular weight excluding hydrogens is 158 g/mol. The Hall–Kier alpha value is -0.980. The van der Waals surface area contributed by atoms with Gasteiger partial charge in [-0.1, -0.05) is 37.5 Å². The van der Waals surface area contributed by atoms with Crippen molar-refractivity contribution >= 4 is 5.69 Å². The first-order valence-electron chi connectivity index (χ1n) is 5.11. The molecule has 0 aromatic heterocycles. The van der Waals surface area contributed by atoms with Gasteiger partial charge in [0.2, 0.25) is 0 Å². The number of anilines is 1. The second-order valence-electron chi connectivity index (χ2n) is 4.15. The molecule has 2 N–H and O–H groups in total. The lowest BCUT2D eigenvalue weighted by Crippen LogP contribution is -2.14. The fourth-order valence-electron chi connectivity index (χ4n) is 1.93. The van der Waals surface area contributed by atoms with E-state index in [1.54, 1.807) is 0 Å². The first-order valence-corrected chi connectivity index (χ1v) is 5.11. The quantitative estimate of drug-likeness (QED) is 0.687. The van der Waals surface area contributed by atoms with Crippen LogP contribution < -0.4 is 5.73 Å². The van der Waals surface area contributed by atoms with E-state index in [0.29, 0.717) is 0 Å². The van der Waals surface area contributed by atoms with Crippen molar-refractivity contribution in [3.63, 3.8) is 0 Å². The van der Waals surface area contributed by atoms with Gasteiger partial charge in [-0.3, -0.25) is 0 Å². The van der Waals surface area contributed by atoms with E-state index in [-0.39, 0.29) is 0 Å². The van der Waals surface area contributed by atoms with Crippen molar-refractivity contribution in [2.24, 2.45) is 5.92 Å². The first kappa shape index (κ1) is 8.61. The van der Waals surface area contributed by atoms with Crippen molar-refractivity contribution in [3.8, 4) is 0 Å². The second-order valence-corrected chi connectivity index (χ2v) is 4.15. The summed E-state index contributed by atoms with van der Waals surface area (Å²) in [6.07, 6.45) is 5.39. The van der Waals surface area contributed by atoms with E-state index in [9.17, 15) is 0 Å². The normalized spacial score (nSPS) is 17.0. The van der Waals surface area contributed by atoms with Crippen molar-refractivity contribution in [2.75, 3.05) is 5.73 Å². The second kappa shape index (κ2) is 3.41. The number of aryl methyl sites for hydroxylation is 1. The van der Waals surface area contributed by atoms with Crippen LogP contribution >= 0.6 is 0 Å². The number of hydrogen-bond acceptors (Lipinski definition) is 1. The minimum Gasteiger partial charge on any atom is -0.398 e. The fourth-order valence-corrected chi connectivity index (χ4v) is 1.93. The molecule has 0 saturated heterocycles. The summed E-state index contributed by atoms with van der Waals surface area (Å²) < 4.78 is 0. The van der Waals surface area contributed by atoms with Crippen LogP contribution in [0.25, 0.3) is 0 Å². The molecule has 0 aliphatic heterocycles. The molecule has 0 amide bonds. The van der Waals surface area contributed by atoms with E-state index in [1.807, 2.05) is 0 Å². The average Bonchev–Trinajstić information content (AvgIpc) is 2.04. The molecule has 1 aromatic carbocycles. The predicted molar refractivity (Wildman–Crippen MR) is 56.6 cm³/mol. The lowest BCUT2D eigenvalue weighted by Gasteiger charge is -2.26. The number of hydrogen-bond donors (Lipinski definition) is 1. The molecule has 0 heterocycles.